The molecule has 1 atom stereocenters. The average molecular weight is 313 g/mol. The highest BCUT2D eigenvalue weighted by Gasteiger charge is 2.24. The molecule has 0 aliphatic carbocycles. The van der Waals surface area contributed by atoms with Crippen molar-refractivity contribution in [2.45, 2.75) is 26.2 Å². The van der Waals surface area contributed by atoms with Crippen LogP contribution in [0.15, 0.2) is 22.7 Å². The highest BCUT2D eigenvalue weighted by molar-refractivity contribution is 9.10. The Balaban J connectivity index is 2.29. The van der Waals surface area contributed by atoms with E-state index in [0.29, 0.717) is 5.92 Å². The van der Waals surface area contributed by atoms with Crippen LogP contribution in [0.25, 0.3) is 0 Å². The minimum absolute atomic E-state index is 0.195. The summed E-state index contributed by atoms with van der Waals surface area (Å²) in [6.45, 7) is 4.03. The Morgan fingerprint density at radius 1 is 1.56 bits per heavy atom. The first-order chi connectivity index (χ1) is 8.61. The highest BCUT2D eigenvalue weighted by atomic mass is 79.9. The first-order valence-corrected chi connectivity index (χ1v) is 7.10. The average Bonchev–Trinajstić information content (AvgIpc) is 2.38. The maximum Gasteiger partial charge on any atom is 0.293 e. The Morgan fingerprint density at radius 3 is 3.00 bits per heavy atom. The Hall–Kier alpha value is -1.10. The topological polar surface area (TPSA) is 46.4 Å². The zero-order valence-electron chi connectivity index (χ0n) is 10.4. The fraction of sp³-hybridized carbons (Fsp3) is 0.538. The van der Waals surface area contributed by atoms with Gasteiger partial charge in [0.15, 0.2) is 0 Å². The first-order valence-electron chi connectivity index (χ1n) is 6.30. The molecule has 0 radical (unpaired) electrons. The molecule has 2 rings (SSSR count). The minimum Gasteiger partial charge on any atom is -0.366 e. The van der Waals surface area contributed by atoms with E-state index < -0.39 is 0 Å². The number of benzene rings is 1. The number of rotatable bonds is 3. The van der Waals surface area contributed by atoms with Crippen molar-refractivity contribution in [1.82, 2.24) is 0 Å². The molecule has 0 N–H and O–H groups in total. The van der Waals surface area contributed by atoms with E-state index in [4.69, 9.17) is 0 Å². The molecule has 0 aromatic heterocycles. The molecule has 1 aromatic rings. The number of hydrogen-bond donors (Lipinski definition) is 0. The normalized spacial score (nSPS) is 19.9. The van der Waals surface area contributed by atoms with Crippen LogP contribution in [0.1, 0.15) is 26.2 Å². The van der Waals surface area contributed by atoms with Crippen molar-refractivity contribution in [3.8, 4) is 0 Å². The summed E-state index contributed by atoms with van der Waals surface area (Å²) in [7, 11) is 0. The van der Waals surface area contributed by atoms with Gasteiger partial charge in [-0.2, -0.15) is 0 Å². The Kier molecular flexibility index (Phi) is 4.22. The predicted octanol–water partition coefficient (Wildman–Crippen LogP) is 3.98. The van der Waals surface area contributed by atoms with Crippen molar-refractivity contribution in [2.75, 3.05) is 18.0 Å². The van der Waals surface area contributed by atoms with Gasteiger partial charge < -0.3 is 4.90 Å². The van der Waals surface area contributed by atoms with Crippen molar-refractivity contribution in [2.24, 2.45) is 5.92 Å². The molecular weight excluding hydrogens is 296 g/mol. The molecule has 1 heterocycles. The number of hydrogen-bond acceptors (Lipinski definition) is 3. The number of halogens is 1. The number of nitrogens with zero attached hydrogens (tertiary/aromatic N) is 2. The Morgan fingerprint density at radius 2 is 2.33 bits per heavy atom. The third kappa shape index (κ3) is 2.83. The molecule has 1 aliphatic heterocycles. The maximum atomic E-state index is 11.1. The van der Waals surface area contributed by atoms with Crippen molar-refractivity contribution in [3.63, 3.8) is 0 Å². The van der Waals surface area contributed by atoms with E-state index in [-0.39, 0.29) is 10.6 Å². The van der Waals surface area contributed by atoms with Crippen LogP contribution in [0.5, 0.6) is 0 Å². The van der Waals surface area contributed by atoms with Gasteiger partial charge in [-0.3, -0.25) is 10.1 Å². The molecule has 98 valence electrons. The summed E-state index contributed by atoms with van der Waals surface area (Å²) in [5.74, 6) is 0.655. The highest BCUT2D eigenvalue weighted by Crippen LogP contribution is 2.34. The molecule has 5 heteroatoms. The van der Waals surface area contributed by atoms with Crippen LogP contribution in [0, 0.1) is 16.0 Å². The molecule has 1 unspecified atom stereocenters. The molecule has 1 fully saturated rings. The molecular formula is C13H17BrN2O2. The first kappa shape index (κ1) is 13.3. The molecule has 0 amide bonds. The zero-order valence-corrected chi connectivity index (χ0v) is 12.0. The smallest absolute Gasteiger partial charge is 0.293 e. The van der Waals surface area contributed by atoms with E-state index in [1.165, 1.54) is 6.42 Å². The second kappa shape index (κ2) is 5.69. The molecule has 4 nitrogen and oxygen atoms in total. The fourth-order valence-electron chi connectivity index (χ4n) is 2.53. The van der Waals surface area contributed by atoms with Crippen LogP contribution in [-0.4, -0.2) is 18.0 Å². The van der Waals surface area contributed by atoms with Gasteiger partial charge in [0.05, 0.1) is 4.92 Å². The Labute approximate surface area is 115 Å². The fourth-order valence-corrected chi connectivity index (χ4v) is 2.88. The quantitative estimate of drug-likeness (QED) is 0.626. The van der Waals surface area contributed by atoms with E-state index in [2.05, 4.69) is 27.8 Å². The maximum absolute atomic E-state index is 11.1. The van der Waals surface area contributed by atoms with Gasteiger partial charge in [-0.25, -0.2) is 0 Å². The molecule has 18 heavy (non-hydrogen) atoms. The predicted molar refractivity (Wildman–Crippen MR) is 76.0 cm³/mol. The third-order valence-corrected chi connectivity index (χ3v) is 4.06. The van der Waals surface area contributed by atoms with Crippen LogP contribution in [0.4, 0.5) is 11.4 Å². The van der Waals surface area contributed by atoms with E-state index in [0.717, 1.165) is 36.1 Å². The number of piperidine rings is 1. The molecule has 0 bridgehead atoms. The third-order valence-electron chi connectivity index (χ3n) is 3.57. The molecule has 0 spiro atoms. The number of anilines is 1. The summed E-state index contributed by atoms with van der Waals surface area (Å²) < 4.78 is 0.752. The second-order valence-electron chi connectivity index (χ2n) is 4.75. The molecule has 1 saturated heterocycles. The van der Waals surface area contributed by atoms with Gasteiger partial charge in [0.25, 0.3) is 5.69 Å². The van der Waals surface area contributed by atoms with Gasteiger partial charge in [0, 0.05) is 23.6 Å². The van der Waals surface area contributed by atoms with E-state index in [9.17, 15) is 10.1 Å². The summed E-state index contributed by atoms with van der Waals surface area (Å²) in [4.78, 5) is 13.0. The van der Waals surface area contributed by atoms with Crippen LogP contribution in [0.2, 0.25) is 0 Å². The lowest BCUT2D eigenvalue weighted by molar-refractivity contribution is -0.384. The van der Waals surface area contributed by atoms with Gasteiger partial charge in [0.2, 0.25) is 0 Å². The number of nitro benzene ring substituents is 1. The van der Waals surface area contributed by atoms with Gasteiger partial charge in [-0.15, -0.1) is 0 Å². The summed E-state index contributed by atoms with van der Waals surface area (Å²) in [5, 5.41) is 11.1. The molecule has 1 aliphatic rings. The SMILES string of the molecule is CCC1CCCN(c2ccc(Br)cc2[N+](=O)[O-])C1. The van der Waals surface area contributed by atoms with Gasteiger partial charge >= 0.3 is 0 Å². The van der Waals surface area contributed by atoms with Crippen LogP contribution >= 0.6 is 15.9 Å². The lowest BCUT2D eigenvalue weighted by Crippen LogP contribution is -2.35. The van der Waals surface area contributed by atoms with Crippen molar-refractivity contribution in [1.29, 1.82) is 0 Å². The van der Waals surface area contributed by atoms with E-state index >= 15 is 0 Å². The summed E-state index contributed by atoms with van der Waals surface area (Å²) >= 11 is 3.29. The van der Waals surface area contributed by atoms with Crippen molar-refractivity contribution >= 4 is 27.3 Å². The second-order valence-corrected chi connectivity index (χ2v) is 5.67. The van der Waals surface area contributed by atoms with Crippen LogP contribution < -0.4 is 4.90 Å². The largest absolute Gasteiger partial charge is 0.366 e. The molecule has 1 aromatic carbocycles. The van der Waals surface area contributed by atoms with Crippen LogP contribution in [0.3, 0.4) is 0 Å². The summed E-state index contributed by atoms with van der Waals surface area (Å²) in [5.41, 5.74) is 0.947. The minimum atomic E-state index is -0.296. The standard InChI is InChI=1S/C13H17BrN2O2/c1-2-10-4-3-7-15(9-10)12-6-5-11(14)8-13(12)16(17)18/h5-6,8,10H,2-4,7,9H2,1H3. The summed E-state index contributed by atoms with van der Waals surface area (Å²) in [6, 6.07) is 5.31. The van der Waals surface area contributed by atoms with Gasteiger partial charge in [0.1, 0.15) is 5.69 Å². The zero-order chi connectivity index (χ0) is 13.1. The number of nitro groups is 1. The van der Waals surface area contributed by atoms with Gasteiger partial charge in [-0.05, 0) is 30.9 Å². The van der Waals surface area contributed by atoms with Crippen molar-refractivity contribution in [3.05, 3.63) is 32.8 Å². The Bertz CT molecular complexity index is 451. The molecule has 0 saturated carbocycles. The van der Waals surface area contributed by atoms with Crippen LogP contribution in [-0.2, 0) is 0 Å². The van der Waals surface area contributed by atoms with E-state index in [1.54, 1.807) is 6.07 Å². The summed E-state index contributed by atoms with van der Waals surface area (Å²) in [6.07, 6.45) is 3.49. The lowest BCUT2D eigenvalue weighted by atomic mass is 9.95. The van der Waals surface area contributed by atoms with E-state index in [1.807, 2.05) is 12.1 Å². The van der Waals surface area contributed by atoms with Crippen molar-refractivity contribution < 1.29 is 4.92 Å². The monoisotopic (exact) mass is 312 g/mol. The lowest BCUT2D eigenvalue weighted by Gasteiger charge is -2.33. The van der Waals surface area contributed by atoms with Gasteiger partial charge in [-0.1, -0.05) is 29.3 Å².